The van der Waals surface area contributed by atoms with Crippen LogP contribution in [0.3, 0.4) is 0 Å². The Hall–Kier alpha value is -3.66. The molecule has 0 fully saturated rings. The number of carbonyl (C=O) groups is 1. The van der Waals surface area contributed by atoms with Crippen molar-refractivity contribution in [1.82, 2.24) is 9.78 Å². The summed E-state index contributed by atoms with van der Waals surface area (Å²) in [6.07, 6.45) is 0. The minimum absolute atomic E-state index is 0.226. The van der Waals surface area contributed by atoms with Gasteiger partial charge in [0, 0.05) is 11.3 Å². The number of benzene rings is 3. The fourth-order valence-corrected chi connectivity index (χ4v) is 3.20. The van der Waals surface area contributed by atoms with Crippen LogP contribution < -0.4 is 5.32 Å². The summed E-state index contributed by atoms with van der Waals surface area (Å²) in [7, 11) is 0. The van der Waals surface area contributed by atoms with Gasteiger partial charge in [0.05, 0.1) is 11.4 Å². The summed E-state index contributed by atoms with van der Waals surface area (Å²) in [6.45, 7) is 6.14. The molecule has 0 saturated carbocycles. The van der Waals surface area contributed by atoms with Gasteiger partial charge in [-0.25, -0.2) is 4.68 Å². The number of nitrogens with one attached hydrogen (secondary N) is 1. The topological polar surface area (TPSA) is 46.9 Å². The van der Waals surface area contributed by atoms with E-state index in [0.29, 0.717) is 5.69 Å². The molecule has 0 atom stereocenters. The summed E-state index contributed by atoms with van der Waals surface area (Å²) >= 11 is 0. The van der Waals surface area contributed by atoms with Crippen LogP contribution in [0.1, 0.15) is 27.2 Å². The average molecular weight is 381 g/mol. The second kappa shape index (κ2) is 7.76. The first-order valence-corrected chi connectivity index (χ1v) is 9.62. The Kier molecular flexibility index (Phi) is 5.00. The third-order valence-corrected chi connectivity index (χ3v) is 5.05. The zero-order valence-corrected chi connectivity index (χ0v) is 16.8. The highest BCUT2D eigenvalue weighted by atomic mass is 16.1. The Labute approximate surface area is 170 Å². The van der Waals surface area contributed by atoms with Crippen LogP contribution in [-0.4, -0.2) is 15.7 Å². The minimum atomic E-state index is -0.226. The third kappa shape index (κ3) is 3.97. The fourth-order valence-electron chi connectivity index (χ4n) is 3.20. The molecule has 4 nitrogen and oxygen atoms in total. The van der Waals surface area contributed by atoms with Crippen LogP contribution in [-0.2, 0) is 0 Å². The standard InChI is InChI=1S/C25H23N3O/c1-17-9-12-20(13-10-17)24-16-23(27-28(24)22-7-5-4-6-8-22)25(29)26-21-14-11-18(2)19(3)15-21/h4-16H,1-3H3,(H,26,29). The maximum atomic E-state index is 12.9. The number of hydrogen-bond acceptors (Lipinski definition) is 2. The molecule has 0 spiro atoms. The predicted molar refractivity (Wildman–Crippen MR) is 118 cm³/mol. The van der Waals surface area contributed by atoms with E-state index < -0.39 is 0 Å². The first kappa shape index (κ1) is 18.7. The van der Waals surface area contributed by atoms with Crippen LogP contribution in [0.15, 0.2) is 78.9 Å². The molecule has 0 unspecified atom stereocenters. The van der Waals surface area contributed by atoms with E-state index in [1.165, 1.54) is 11.1 Å². The molecule has 144 valence electrons. The molecule has 0 bridgehead atoms. The van der Waals surface area contributed by atoms with Gasteiger partial charge in [-0.1, -0.05) is 54.1 Å². The van der Waals surface area contributed by atoms with E-state index in [0.717, 1.165) is 28.2 Å². The van der Waals surface area contributed by atoms with Gasteiger partial charge >= 0.3 is 0 Å². The Balaban J connectivity index is 1.73. The summed E-state index contributed by atoms with van der Waals surface area (Å²) in [5.74, 6) is -0.226. The molecule has 0 radical (unpaired) electrons. The van der Waals surface area contributed by atoms with Crippen LogP contribution in [0, 0.1) is 20.8 Å². The van der Waals surface area contributed by atoms with Crippen molar-refractivity contribution in [3.05, 3.63) is 101 Å². The summed E-state index contributed by atoms with van der Waals surface area (Å²) in [5, 5.41) is 7.58. The third-order valence-electron chi connectivity index (χ3n) is 5.05. The molecule has 4 aromatic rings. The second-order valence-corrected chi connectivity index (χ2v) is 7.28. The normalized spacial score (nSPS) is 10.7. The Morgan fingerprint density at radius 1 is 0.828 bits per heavy atom. The molecule has 1 N–H and O–H groups in total. The van der Waals surface area contributed by atoms with Crippen molar-refractivity contribution in [2.45, 2.75) is 20.8 Å². The Morgan fingerprint density at radius 2 is 1.55 bits per heavy atom. The molecule has 1 aromatic heterocycles. The molecule has 1 heterocycles. The van der Waals surface area contributed by atoms with Gasteiger partial charge in [0.2, 0.25) is 0 Å². The zero-order chi connectivity index (χ0) is 20.4. The first-order valence-electron chi connectivity index (χ1n) is 9.62. The lowest BCUT2D eigenvalue weighted by atomic mass is 10.1. The maximum Gasteiger partial charge on any atom is 0.276 e. The highest BCUT2D eigenvalue weighted by molar-refractivity contribution is 6.03. The Bertz CT molecular complexity index is 1160. The molecule has 4 heteroatoms. The average Bonchev–Trinajstić information content (AvgIpc) is 3.18. The largest absolute Gasteiger partial charge is 0.321 e. The van der Waals surface area contributed by atoms with Crippen molar-refractivity contribution in [2.24, 2.45) is 0 Å². The summed E-state index contributed by atoms with van der Waals surface area (Å²) in [4.78, 5) is 12.9. The molecular weight excluding hydrogens is 358 g/mol. The van der Waals surface area contributed by atoms with Gasteiger partial charge < -0.3 is 5.32 Å². The molecule has 0 aliphatic carbocycles. The molecule has 29 heavy (non-hydrogen) atoms. The van der Waals surface area contributed by atoms with Crippen LogP contribution in [0.2, 0.25) is 0 Å². The van der Waals surface area contributed by atoms with Crippen LogP contribution in [0.4, 0.5) is 5.69 Å². The van der Waals surface area contributed by atoms with Crippen LogP contribution in [0.25, 0.3) is 16.9 Å². The highest BCUT2D eigenvalue weighted by Crippen LogP contribution is 2.25. The van der Waals surface area contributed by atoms with Gasteiger partial charge in [0.25, 0.3) is 5.91 Å². The summed E-state index contributed by atoms with van der Waals surface area (Å²) in [5.41, 5.74) is 7.46. The molecule has 4 rings (SSSR count). The fraction of sp³-hybridized carbons (Fsp3) is 0.120. The van der Waals surface area contributed by atoms with Gasteiger partial charge in [-0.05, 0) is 62.2 Å². The van der Waals surface area contributed by atoms with E-state index in [1.54, 1.807) is 0 Å². The smallest absolute Gasteiger partial charge is 0.276 e. The lowest BCUT2D eigenvalue weighted by molar-refractivity contribution is 0.102. The highest BCUT2D eigenvalue weighted by Gasteiger charge is 2.17. The van der Waals surface area contributed by atoms with Crippen molar-refractivity contribution in [3.63, 3.8) is 0 Å². The Morgan fingerprint density at radius 3 is 2.24 bits per heavy atom. The summed E-state index contributed by atoms with van der Waals surface area (Å²) < 4.78 is 1.82. The lowest BCUT2D eigenvalue weighted by Gasteiger charge is -2.07. The van der Waals surface area contributed by atoms with Gasteiger partial charge in [-0.15, -0.1) is 0 Å². The van der Waals surface area contributed by atoms with Gasteiger partial charge in [0.15, 0.2) is 5.69 Å². The van der Waals surface area contributed by atoms with Gasteiger partial charge in [-0.3, -0.25) is 4.79 Å². The second-order valence-electron chi connectivity index (χ2n) is 7.28. The van der Waals surface area contributed by atoms with E-state index in [9.17, 15) is 4.79 Å². The van der Waals surface area contributed by atoms with E-state index in [-0.39, 0.29) is 5.91 Å². The monoisotopic (exact) mass is 381 g/mol. The number of carbonyl (C=O) groups excluding carboxylic acids is 1. The van der Waals surface area contributed by atoms with E-state index >= 15 is 0 Å². The predicted octanol–water partition coefficient (Wildman–Crippen LogP) is 5.72. The van der Waals surface area contributed by atoms with E-state index in [2.05, 4.69) is 48.5 Å². The van der Waals surface area contributed by atoms with Crippen LogP contribution in [0.5, 0.6) is 0 Å². The molecule has 0 saturated heterocycles. The zero-order valence-electron chi connectivity index (χ0n) is 16.8. The maximum absolute atomic E-state index is 12.9. The molecule has 3 aromatic carbocycles. The van der Waals surface area contributed by atoms with Crippen molar-refractivity contribution in [2.75, 3.05) is 5.32 Å². The number of amides is 1. The van der Waals surface area contributed by atoms with Gasteiger partial charge in [-0.2, -0.15) is 5.10 Å². The molecule has 1 amide bonds. The van der Waals surface area contributed by atoms with E-state index in [1.807, 2.05) is 66.2 Å². The number of aromatic nitrogens is 2. The summed E-state index contributed by atoms with van der Waals surface area (Å²) in [6, 6.07) is 25.8. The minimum Gasteiger partial charge on any atom is -0.321 e. The number of anilines is 1. The number of nitrogens with zero attached hydrogens (tertiary/aromatic N) is 2. The van der Waals surface area contributed by atoms with Crippen molar-refractivity contribution >= 4 is 11.6 Å². The quantitative estimate of drug-likeness (QED) is 0.492. The van der Waals surface area contributed by atoms with Crippen molar-refractivity contribution < 1.29 is 4.79 Å². The van der Waals surface area contributed by atoms with Crippen LogP contribution >= 0.6 is 0 Å². The van der Waals surface area contributed by atoms with Gasteiger partial charge in [0.1, 0.15) is 0 Å². The molecular formula is C25H23N3O. The van der Waals surface area contributed by atoms with E-state index in [4.69, 9.17) is 0 Å². The molecule has 0 aliphatic rings. The number of para-hydroxylation sites is 1. The van der Waals surface area contributed by atoms with Crippen molar-refractivity contribution in [3.8, 4) is 16.9 Å². The number of rotatable bonds is 4. The number of aryl methyl sites for hydroxylation is 3. The van der Waals surface area contributed by atoms with Crippen molar-refractivity contribution in [1.29, 1.82) is 0 Å². The number of hydrogen-bond donors (Lipinski definition) is 1. The molecule has 0 aliphatic heterocycles. The SMILES string of the molecule is Cc1ccc(-c2cc(C(=O)Nc3ccc(C)c(C)c3)nn2-c2ccccc2)cc1. The first-order chi connectivity index (χ1) is 14.0. The lowest BCUT2D eigenvalue weighted by Crippen LogP contribution is -2.13.